The molecule has 0 radical (unpaired) electrons. The van der Waals surface area contributed by atoms with Crippen molar-refractivity contribution in [1.29, 1.82) is 0 Å². The summed E-state index contributed by atoms with van der Waals surface area (Å²) < 4.78 is 22.4. The number of oxime groups is 1. The molecular weight excluding hydrogens is 487 g/mol. The zero-order valence-electron chi connectivity index (χ0n) is 18.4. The van der Waals surface area contributed by atoms with E-state index in [1.54, 1.807) is 6.92 Å². The highest BCUT2D eigenvalue weighted by atomic mass is 35.5. The first-order chi connectivity index (χ1) is 16.1. The Labute approximate surface area is 203 Å². The average molecular weight is 507 g/mol. The van der Waals surface area contributed by atoms with Crippen LogP contribution >= 0.6 is 23.8 Å². The highest BCUT2D eigenvalue weighted by molar-refractivity contribution is 7.71. The fourth-order valence-electron chi connectivity index (χ4n) is 2.91. The van der Waals surface area contributed by atoms with Crippen LogP contribution in [0.2, 0.25) is 5.02 Å². The quantitative estimate of drug-likeness (QED) is 0.211. The SMILES string of the molecule is CC(COC(=O)c1cc(-n2c(=O)n(C)c(=S)n(C)c2=O)c(F)cc1Cl)=NOCc1ccccc1. The smallest absolute Gasteiger partial charge is 0.340 e. The van der Waals surface area contributed by atoms with Gasteiger partial charge in [0.1, 0.15) is 19.0 Å². The van der Waals surface area contributed by atoms with E-state index in [4.69, 9.17) is 33.4 Å². The van der Waals surface area contributed by atoms with Crippen LogP contribution in [0.1, 0.15) is 22.8 Å². The van der Waals surface area contributed by atoms with Gasteiger partial charge in [-0.3, -0.25) is 9.13 Å². The van der Waals surface area contributed by atoms with Gasteiger partial charge in [0.05, 0.1) is 22.0 Å². The van der Waals surface area contributed by atoms with Gasteiger partial charge >= 0.3 is 17.3 Å². The molecule has 0 fully saturated rings. The van der Waals surface area contributed by atoms with Gasteiger partial charge in [-0.15, -0.1) is 0 Å². The summed E-state index contributed by atoms with van der Waals surface area (Å²) in [5, 5.41) is 3.63. The number of carbonyl (C=O) groups excluding carboxylic acids is 1. The molecule has 1 aromatic heterocycles. The minimum atomic E-state index is -0.982. The summed E-state index contributed by atoms with van der Waals surface area (Å²) in [6.45, 7) is 1.61. The first kappa shape index (κ1) is 25.1. The van der Waals surface area contributed by atoms with Gasteiger partial charge in [-0.1, -0.05) is 47.1 Å². The van der Waals surface area contributed by atoms with Crippen molar-refractivity contribution < 1.29 is 18.8 Å². The number of carbonyl (C=O) groups is 1. The molecule has 0 saturated carbocycles. The molecule has 0 bridgehead atoms. The second-order valence-electron chi connectivity index (χ2n) is 7.25. The van der Waals surface area contributed by atoms with E-state index in [0.717, 1.165) is 26.8 Å². The molecule has 0 N–H and O–H groups in total. The Bertz CT molecular complexity index is 1410. The van der Waals surface area contributed by atoms with Gasteiger partial charge in [0.15, 0.2) is 4.77 Å². The van der Waals surface area contributed by atoms with Crippen molar-refractivity contribution in [3.05, 3.63) is 90.2 Å². The zero-order chi connectivity index (χ0) is 25.0. The molecule has 0 aliphatic rings. The van der Waals surface area contributed by atoms with Gasteiger partial charge in [0.2, 0.25) is 0 Å². The molecule has 3 aromatic rings. The van der Waals surface area contributed by atoms with Gasteiger partial charge in [-0.05, 0) is 36.8 Å². The minimum absolute atomic E-state index is 0.0514. The monoisotopic (exact) mass is 506 g/mol. The molecule has 0 aliphatic carbocycles. The minimum Gasteiger partial charge on any atom is -0.456 e. The van der Waals surface area contributed by atoms with E-state index in [-0.39, 0.29) is 28.6 Å². The van der Waals surface area contributed by atoms with Crippen molar-refractivity contribution in [2.24, 2.45) is 19.3 Å². The summed E-state index contributed by atoms with van der Waals surface area (Å²) in [5.74, 6) is -1.89. The highest BCUT2D eigenvalue weighted by Gasteiger charge is 2.21. The number of rotatable bonds is 7. The molecule has 1 heterocycles. The summed E-state index contributed by atoms with van der Waals surface area (Å²) in [6, 6.07) is 11.2. The molecular formula is C22H20ClFN4O5S. The van der Waals surface area contributed by atoms with Crippen molar-refractivity contribution in [2.45, 2.75) is 13.5 Å². The standard InChI is InChI=1S/C22H20ClFN4O5S/c1-13(25-33-12-14-7-5-4-6-8-14)11-32-19(29)15-9-18(17(24)10-16(15)23)28-20(30)26(2)22(34)27(3)21(28)31/h4-10H,11-12H2,1-3H3. The van der Waals surface area contributed by atoms with E-state index in [9.17, 15) is 18.8 Å². The van der Waals surface area contributed by atoms with Crippen LogP contribution in [0.25, 0.3) is 5.69 Å². The number of hydrogen-bond donors (Lipinski definition) is 0. The van der Waals surface area contributed by atoms with E-state index in [1.807, 2.05) is 30.3 Å². The van der Waals surface area contributed by atoms with Crippen molar-refractivity contribution in [3.8, 4) is 5.69 Å². The lowest BCUT2D eigenvalue weighted by molar-refractivity contribution is 0.0555. The fourth-order valence-corrected chi connectivity index (χ4v) is 3.29. The second-order valence-corrected chi connectivity index (χ2v) is 8.02. The molecule has 3 rings (SSSR count). The Kier molecular flexibility index (Phi) is 7.79. The van der Waals surface area contributed by atoms with E-state index in [1.165, 1.54) is 14.1 Å². The van der Waals surface area contributed by atoms with Crippen LogP contribution in [-0.4, -0.2) is 32.0 Å². The summed E-state index contributed by atoms with van der Waals surface area (Å²) in [6.07, 6.45) is 0. The van der Waals surface area contributed by atoms with Crippen molar-refractivity contribution in [2.75, 3.05) is 6.61 Å². The number of aromatic nitrogens is 3. The predicted octanol–water partition coefficient (Wildman–Crippen LogP) is 3.15. The van der Waals surface area contributed by atoms with Gasteiger partial charge in [0.25, 0.3) is 0 Å². The van der Waals surface area contributed by atoms with E-state index < -0.39 is 28.9 Å². The first-order valence-electron chi connectivity index (χ1n) is 9.86. The Hall–Kier alpha value is -3.57. The summed E-state index contributed by atoms with van der Waals surface area (Å²) in [7, 11) is 2.68. The molecule has 0 aliphatic heterocycles. The second kappa shape index (κ2) is 10.6. The lowest BCUT2D eigenvalue weighted by Crippen LogP contribution is -2.43. The van der Waals surface area contributed by atoms with Crippen LogP contribution in [0.4, 0.5) is 4.39 Å². The maximum absolute atomic E-state index is 14.7. The third kappa shape index (κ3) is 5.32. The molecule has 0 saturated heterocycles. The van der Waals surface area contributed by atoms with Crippen molar-refractivity contribution in [3.63, 3.8) is 0 Å². The molecule has 0 amide bonds. The lowest BCUT2D eigenvalue weighted by Gasteiger charge is -2.13. The molecule has 0 spiro atoms. The lowest BCUT2D eigenvalue weighted by atomic mass is 10.2. The van der Waals surface area contributed by atoms with Crippen LogP contribution in [0.15, 0.2) is 57.2 Å². The molecule has 178 valence electrons. The predicted molar refractivity (Wildman–Crippen MR) is 127 cm³/mol. The maximum atomic E-state index is 14.7. The van der Waals surface area contributed by atoms with Gasteiger partial charge in [-0.25, -0.2) is 23.3 Å². The summed E-state index contributed by atoms with van der Waals surface area (Å²) in [4.78, 5) is 43.0. The third-order valence-electron chi connectivity index (χ3n) is 4.73. The zero-order valence-corrected chi connectivity index (χ0v) is 20.0. The molecule has 2 aromatic carbocycles. The third-order valence-corrected chi connectivity index (χ3v) is 5.59. The number of benzene rings is 2. The van der Waals surface area contributed by atoms with Crippen LogP contribution in [-0.2, 0) is 30.3 Å². The van der Waals surface area contributed by atoms with Gasteiger partial charge in [0, 0.05) is 14.1 Å². The number of ether oxygens (including phenoxy) is 1. The highest BCUT2D eigenvalue weighted by Crippen LogP contribution is 2.23. The van der Waals surface area contributed by atoms with Crippen LogP contribution in [0, 0.1) is 10.6 Å². The van der Waals surface area contributed by atoms with E-state index >= 15 is 0 Å². The number of hydrogen-bond acceptors (Lipinski definition) is 7. The molecule has 9 nitrogen and oxygen atoms in total. The Balaban J connectivity index is 1.82. The number of nitrogens with zero attached hydrogens (tertiary/aromatic N) is 4. The number of halogens is 2. The van der Waals surface area contributed by atoms with Gasteiger partial charge in [-0.2, -0.15) is 0 Å². The van der Waals surface area contributed by atoms with Crippen molar-refractivity contribution >= 4 is 35.5 Å². The van der Waals surface area contributed by atoms with E-state index in [0.29, 0.717) is 10.3 Å². The topological polar surface area (TPSA) is 96.8 Å². The normalized spacial score (nSPS) is 11.4. The molecule has 34 heavy (non-hydrogen) atoms. The average Bonchev–Trinajstić information content (AvgIpc) is 2.82. The maximum Gasteiger partial charge on any atom is 0.340 e. The first-order valence-corrected chi connectivity index (χ1v) is 10.7. The van der Waals surface area contributed by atoms with Crippen LogP contribution < -0.4 is 11.4 Å². The summed E-state index contributed by atoms with van der Waals surface area (Å²) >= 11 is 11.0. The Morgan fingerprint density at radius 1 is 1.12 bits per heavy atom. The fraction of sp³-hybridized carbons (Fsp3) is 0.227. The molecule has 0 atom stereocenters. The Morgan fingerprint density at radius 3 is 2.35 bits per heavy atom. The molecule has 0 unspecified atom stereocenters. The van der Waals surface area contributed by atoms with Crippen LogP contribution in [0.3, 0.4) is 0 Å². The van der Waals surface area contributed by atoms with Crippen LogP contribution in [0.5, 0.6) is 0 Å². The largest absolute Gasteiger partial charge is 0.456 e. The molecule has 12 heteroatoms. The summed E-state index contributed by atoms with van der Waals surface area (Å²) in [5.41, 5.74) is -1.19. The number of esters is 1. The van der Waals surface area contributed by atoms with Crippen molar-refractivity contribution in [1.82, 2.24) is 13.7 Å². The Morgan fingerprint density at radius 2 is 1.74 bits per heavy atom. The van der Waals surface area contributed by atoms with E-state index in [2.05, 4.69) is 5.16 Å². The van der Waals surface area contributed by atoms with Gasteiger partial charge < -0.3 is 9.57 Å².